The molecular weight excluding hydrogens is 731 g/mol. The van der Waals surface area contributed by atoms with Crippen LogP contribution in [0.1, 0.15) is 35.2 Å². The Bertz CT molecular complexity index is 1810. The van der Waals surface area contributed by atoms with E-state index < -0.39 is 11.9 Å². The topological polar surface area (TPSA) is 144 Å². The van der Waals surface area contributed by atoms with Gasteiger partial charge in [-0.05, 0) is 76.5 Å². The van der Waals surface area contributed by atoms with Gasteiger partial charge in [0.25, 0.3) is 5.91 Å². The van der Waals surface area contributed by atoms with E-state index in [-0.39, 0.29) is 54.2 Å². The van der Waals surface area contributed by atoms with Crippen LogP contribution in [0.3, 0.4) is 0 Å². The molecule has 222 valence electrons. The molecule has 0 saturated carbocycles. The number of nitrogens with one attached hydrogen (secondary N) is 2. The van der Waals surface area contributed by atoms with Gasteiger partial charge in [-0.15, -0.1) is 20.7 Å². The van der Waals surface area contributed by atoms with Crippen LogP contribution in [0, 0.1) is 13.8 Å². The van der Waals surface area contributed by atoms with E-state index in [0.29, 0.717) is 33.6 Å². The third-order valence-electron chi connectivity index (χ3n) is 7.73. The molecule has 2 aliphatic heterocycles. The largest absolute Gasteiger partial charge is 0.321 e. The lowest BCUT2D eigenvalue weighted by atomic mass is 10.0. The fraction of sp³-hybridized carbons (Fsp3) is 0.310. The van der Waals surface area contributed by atoms with Crippen molar-refractivity contribution in [2.24, 2.45) is 0 Å². The van der Waals surface area contributed by atoms with Crippen molar-refractivity contribution < 1.29 is 19.2 Å². The highest BCUT2D eigenvalue weighted by molar-refractivity contribution is 14.2. The SMILES string of the molecule is CONC(=O)c1nn(CC(=O)N2[C@H](C(=O)Nc3nc(Br)ccc3C)C[C@@]3(C)I=C[C@@H]23)c2ccc(-c3cnc(C)nc3)cc12. The number of nitrogens with zero attached hydrogens (tertiary/aromatic N) is 6. The van der Waals surface area contributed by atoms with Crippen LogP contribution in [-0.2, 0) is 21.0 Å². The average Bonchev–Trinajstić information content (AvgIpc) is 3.43. The van der Waals surface area contributed by atoms with Crippen molar-refractivity contribution >= 4 is 75.1 Å². The van der Waals surface area contributed by atoms with Gasteiger partial charge in [0.15, 0.2) is 5.69 Å². The van der Waals surface area contributed by atoms with E-state index in [1.807, 2.05) is 37.3 Å². The summed E-state index contributed by atoms with van der Waals surface area (Å²) in [6.07, 6.45) is 4.00. The lowest BCUT2D eigenvalue weighted by Crippen LogP contribution is -2.52. The summed E-state index contributed by atoms with van der Waals surface area (Å²) in [6.45, 7) is 5.67. The van der Waals surface area contributed by atoms with Crippen molar-refractivity contribution in [2.45, 2.75) is 49.2 Å². The number of aryl methyl sites for hydroxylation is 2. The molecule has 43 heavy (non-hydrogen) atoms. The maximum absolute atomic E-state index is 14.0. The van der Waals surface area contributed by atoms with Crippen molar-refractivity contribution in [3.8, 4) is 11.1 Å². The van der Waals surface area contributed by atoms with E-state index in [0.717, 1.165) is 16.7 Å². The molecule has 5 heterocycles. The van der Waals surface area contributed by atoms with Crippen LogP contribution < -0.4 is 10.8 Å². The van der Waals surface area contributed by atoms with Crippen molar-refractivity contribution in [1.82, 2.24) is 35.1 Å². The summed E-state index contributed by atoms with van der Waals surface area (Å²) in [5.74, 6) is 0.0278. The van der Waals surface area contributed by atoms with Crippen molar-refractivity contribution in [1.29, 1.82) is 0 Å². The van der Waals surface area contributed by atoms with Gasteiger partial charge in [-0.25, -0.2) is 20.4 Å². The molecule has 12 nitrogen and oxygen atoms in total. The molecule has 1 aromatic carbocycles. The van der Waals surface area contributed by atoms with Crippen LogP contribution in [0.15, 0.2) is 47.3 Å². The molecule has 3 atom stereocenters. The molecule has 0 aliphatic carbocycles. The summed E-state index contributed by atoms with van der Waals surface area (Å²) >= 11 is 3.10. The summed E-state index contributed by atoms with van der Waals surface area (Å²) in [4.78, 5) is 60.0. The van der Waals surface area contributed by atoms with Gasteiger partial charge < -0.3 is 10.2 Å². The van der Waals surface area contributed by atoms with Gasteiger partial charge in [0.1, 0.15) is 28.8 Å². The Balaban J connectivity index is 1.32. The second kappa shape index (κ2) is 11.5. The lowest BCUT2D eigenvalue weighted by molar-refractivity contribution is -0.138. The monoisotopic (exact) mass is 758 g/mol. The summed E-state index contributed by atoms with van der Waals surface area (Å²) in [5, 5.41) is 8.01. The number of hydrogen-bond donors (Lipinski definition) is 2. The first-order chi connectivity index (χ1) is 20.6. The number of amides is 3. The number of carbonyl (C=O) groups excluding carboxylic acids is 3. The minimum absolute atomic E-state index is 0.0863. The Morgan fingerprint density at radius 2 is 1.91 bits per heavy atom. The van der Waals surface area contributed by atoms with Crippen LogP contribution in [0.25, 0.3) is 22.0 Å². The molecule has 14 heteroatoms. The molecule has 1 fully saturated rings. The third-order valence-corrected chi connectivity index (χ3v) is 11.7. The maximum Gasteiger partial charge on any atom is 0.295 e. The van der Waals surface area contributed by atoms with Crippen molar-refractivity contribution in [3.63, 3.8) is 0 Å². The van der Waals surface area contributed by atoms with Crippen LogP contribution in [-0.4, -0.2) is 74.0 Å². The Hall–Kier alpha value is -3.63. The summed E-state index contributed by atoms with van der Waals surface area (Å²) in [6, 6.07) is 8.39. The number of halogens is 2. The van der Waals surface area contributed by atoms with Crippen LogP contribution in [0.5, 0.6) is 0 Å². The second-order valence-corrected chi connectivity index (χ2v) is 15.3. The van der Waals surface area contributed by atoms with Gasteiger partial charge in [-0.3, -0.25) is 23.9 Å². The molecular formula is C29H28BrIN8O4. The number of pyridine rings is 1. The number of rotatable bonds is 7. The zero-order valence-electron chi connectivity index (χ0n) is 23.8. The molecule has 2 aliphatic rings. The Labute approximate surface area is 265 Å². The number of anilines is 1. The van der Waals surface area contributed by atoms with Crippen LogP contribution >= 0.6 is 36.7 Å². The summed E-state index contributed by atoms with van der Waals surface area (Å²) in [7, 11) is 1.34. The first-order valence-corrected chi connectivity index (χ1v) is 16.6. The maximum atomic E-state index is 14.0. The van der Waals surface area contributed by atoms with E-state index in [4.69, 9.17) is 4.84 Å². The first-order valence-electron chi connectivity index (χ1n) is 13.4. The normalized spacial score (nSPS) is 20.7. The quantitative estimate of drug-likeness (QED) is 0.126. The molecule has 0 bridgehead atoms. The van der Waals surface area contributed by atoms with Crippen LogP contribution in [0.4, 0.5) is 5.82 Å². The van der Waals surface area contributed by atoms with Gasteiger partial charge in [-0.1, -0.05) is 12.1 Å². The predicted octanol–water partition coefficient (Wildman–Crippen LogP) is 3.71. The highest BCUT2D eigenvalue weighted by Gasteiger charge is 2.56. The predicted molar refractivity (Wildman–Crippen MR) is 173 cm³/mol. The third kappa shape index (κ3) is 5.47. The summed E-state index contributed by atoms with van der Waals surface area (Å²) in [5.41, 5.74) is 5.42. The highest BCUT2D eigenvalue weighted by atomic mass is 127. The molecule has 2 N–H and O–H groups in total. The number of benzene rings is 1. The zero-order chi connectivity index (χ0) is 30.5. The smallest absolute Gasteiger partial charge is 0.295 e. The van der Waals surface area contributed by atoms with Gasteiger partial charge in [-0.2, -0.15) is 5.10 Å². The Kier molecular flexibility index (Phi) is 7.85. The van der Waals surface area contributed by atoms with Gasteiger partial charge in [0.2, 0.25) is 11.8 Å². The molecule has 4 aromatic rings. The van der Waals surface area contributed by atoms with Crippen molar-refractivity contribution in [2.75, 3.05) is 12.4 Å². The van der Waals surface area contributed by atoms with E-state index in [2.05, 4.69) is 57.7 Å². The first kappa shape index (κ1) is 29.4. The van der Waals surface area contributed by atoms with Crippen molar-refractivity contribution in [3.05, 3.63) is 64.4 Å². The van der Waals surface area contributed by atoms with Gasteiger partial charge in [0.05, 0.1) is 18.7 Å². The number of likely N-dealkylation sites (tertiary alicyclic amines) is 1. The fourth-order valence-electron chi connectivity index (χ4n) is 5.44. The molecule has 0 radical (unpaired) electrons. The number of fused-ring (bicyclic) bond motifs is 2. The van der Waals surface area contributed by atoms with E-state index in [9.17, 15) is 14.4 Å². The number of carbonyl (C=O) groups is 3. The number of aromatic nitrogens is 5. The number of alkyl halides is 1. The standard InChI is InChI=1S/C29H28BrIN8O4/c1-15-5-8-23(30)34-26(15)35-27(41)21-10-29(3)22(11-31-29)39(21)24(40)14-38-20-7-6-17(18-12-32-16(2)33-13-18)9-19(20)25(36-38)28(42)37-43-4/h5-9,11-13,21-22H,10,14H2,1-4H3,(H,37,42)(H,34,35,41)/t21-,22+,29+/m0/s1. The van der Waals surface area contributed by atoms with E-state index in [1.165, 1.54) is 11.8 Å². The minimum Gasteiger partial charge on any atom is -0.321 e. The number of hydrogen-bond acceptors (Lipinski definition) is 8. The Morgan fingerprint density at radius 3 is 2.60 bits per heavy atom. The minimum atomic E-state index is -0.660. The van der Waals surface area contributed by atoms with Crippen LogP contribution in [0.2, 0.25) is 0 Å². The molecule has 6 rings (SSSR count). The molecule has 3 aromatic heterocycles. The molecule has 1 saturated heterocycles. The fourth-order valence-corrected chi connectivity index (χ4v) is 8.98. The zero-order valence-corrected chi connectivity index (χ0v) is 27.5. The Morgan fingerprint density at radius 1 is 1.14 bits per heavy atom. The van der Waals surface area contributed by atoms with Gasteiger partial charge >= 0.3 is 0 Å². The molecule has 0 spiro atoms. The second-order valence-electron chi connectivity index (χ2n) is 10.7. The molecule has 3 amide bonds. The molecule has 0 unspecified atom stereocenters. The highest BCUT2D eigenvalue weighted by Crippen LogP contribution is 2.50. The van der Waals surface area contributed by atoms with E-state index in [1.54, 1.807) is 24.2 Å². The number of hydroxylamine groups is 1. The van der Waals surface area contributed by atoms with E-state index >= 15 is 0 Å². The van der Waals surface area contributed by atoms with Gasteiger partial charge in [0, 0.05) is 26.8 Å². The lowest BCUT2D eigenvalue weighted by Gasteiger charge is -2.37. The average molecular weight is 759 g/mol. The summed E-state index contributed by atoms with van der Waals surface area (Å²) < 4.78 is 4.21.